The first-order valence-corrected chi connectivity index (χ1v) is 4.50. The third-order valence-electron chi connectivity index (χ3n) is 2.12. The van der Waals surface area contributed by atoms with E-state index in [1.807, 2.05) is 6.07 Å². The molecule has 0 fully saturated rings. The van der Waals surface area contributed by atoms with Crippen molar-refractivity contribution in [1.29, 1.82) is 0 Å². The molecule has 2 rings (SSSR count). The maximum atomic E-state index is 9.54. The fraction of sp³-hybridized carbons (Fsp3) is 0.300. The molecule has 1 aromatic rings. The number of nitrogens with two attached hydrogens (primary N) is 1. The van der Waals surface area contributed by atoms with Gasteiger partial charge in [0, 0.05) is 6.54 Å². The number of nitrogens with zero attached hydrogens (tertiary/aromatic N) is 1. The molecule has 74 valence electrons. The molecule has 1 atom stereocenters. The molecule has 0 aliphatic carbocycles. The minimum absolute atomic E-state index is 0.0182. The lowest BCUT2D eigenvalue weighted by Crippen LogP contribution is -2.18. The van der Waals surface area contributed by atoms with E-state index in [4.69, 9.17) is 10.5 Å². The van der Waals surface area contributed by atoms with Gasteiger partial charge in [0.15, 0.2) is 0 Å². The van der Waals surface area contributed by atoms with Crippen molar-refractivity contribution in [2.75, 3.05) is 13.2 Å². The number of hydrogen-bond acceptors (Lipinski definition) is 4. The molecule has 1 aromatic carbocycles. The van der Waals surface area contributed by atoms with Gasteiger partial charge in [-0.1, -0.05) is 12.1 Å². The van der Waals surface area contributed by atoms with Crippen LogP contribution in [-0.2, 0) is 4.74 Å². The smallest absolute Gasteiger partial charge is 0.220 e. The Morgan fingerprint density at radius 1 is 1.50 bits per heavy atom. The second-order valence-electron chi connectivity index (χ2n) is 3.15. The maximum absolute atomic E-state index is 9.54. The van der Waals surface area contributed by atoms with Crippen LogP contribution in [-0.4, -0.2) is 30.2 Å². The van der Waals surface area contributed by atoms with Crippen molar-refractivity contribution in [2.45, 2.75) is 6.04 Å². The third kappa shape index (κ3) is 1.56. The first kappa shape index (κ1) is 9.02. The molecule has 0 saturated heterocycles. The van der Waals surface area contributed by atoms with Crippen LogP contribution >= 0.6 is 0 Å². The van der Waals surface area contributed by atoms with Gasteiger partial charge in [0.1, 0.15) is 18.4 Å². The van der Waals surface area contributed by atoms with Crippen molar-refractivity contribution in [2.24, 2.45) is 10.7 Å². The van der Waals surface area contributed by atoms with E-state index in [1.54, 1.807) is 18.2 Å². The highest BCUT2D eigenvalue weighted by Gasteiger charge is 2.20. The van der Waals surface area contributed by atoms with Crippen LogP contribution in [0.3, 0.4) is 0 Å². The van der Waals surface area contributed by atoms with Crippen molar-refractivity contribution < 1.29 is 9.84 Å². The van der Waals surface area contributed by atoms with Gasteiger partial charge in [-0.25, -0.2) is 4.99 Å². The van der Waals surface area contributed by atoms with Crippen LogP contribution < -0.4 is 5.73 Å². The van der Waals surface area contributed by atoms with E-state index in [0.717, 1.165) is 0 Å². The highest BCUT2D eigenvalue weighted by molar-refractivity contribution is 5.97. The Morgan fingerprint density at radius 3 is 2.93 bits per heavy atom. The lowest BCUT2D eigenvalue weighted by molar-refractivity contribution is 0.318. The molecule has 0 radical (unpaired) electrons. The number of aromatic hydroxyl groups is 1. The van der Waals surface area contributed by atoms with Gasteiger partial charge in [-0.15, -0.1) is 0 Å². The van der Waals surface area contributed by atoms with Crippen molar-refractivity contribution in [3.05, 3.63) is 29.8 Å². The first-order chi connectivity index (χ1) is 6.81. The van der Waals surface area contributed by atoms with Crippen LogP contribution in [0.25, 0.3) is 0 Å². The average molecular weight is 192 g/mol. The predicted molar refractivity (Wildman–Crippen MR) is 53.4 cm³/mol. The molecule has 1 aliphatic heterocycles. The number of aliphatic imine (C=N–C) groups is 1. The molecule has 14 heavy (non-hydrogen) atoms. The van der Waals surface area contributed by atoms with E-state index < -0.39 is 0 Å². The summed E-state index contributed by atoms with van der Waals surface area (Å²) in [5.41, 5.74) is 6.09. The van der Waals surface area contributed by atoms with Crippen molar-refractivity contribution in [3.8, 4) is 5.75 Å². The van der Waals surface area contributed by atoms with E-state index in [0.29, 0.717) is 24.6 Å². The summed E-state index contributed by atoms with van der Waals surface area (Å²) >= 11 is 0. The molecule has 0 aromatic heterocycles. The van der Waals surface area contributed by atoms with Gasteiger partial charge in [0.05, 0.1) is 5.56 Å². The molecule has 0 saturated carbocycles. The van der Waals surface area contributed by atoms with Crippen molar-refractivity contribution >= 4 is 5.90 Å². The summed E-state index contributed by atoms with van der Waals surface area (Å²) in [5.74, 6) is 0.669. The van der Waals surface area contributed by atoms with Gasteiger partial charge in [0.2, 0.25) is 5.90 Å². The Hall–Kier alpha value is -1.55. The van der Waals surface area contributed by atoms with Crippen LogP contribution in [0.4, 0.5) is 0 Å². The molecule has 0 amide bonds. The predicted octanol–water partition coefficient (Wildman–Crippen LogP) is 0.496. The van der Waals surface area contributed by atoms with Crippen molar-refractivity contribution in [1.82, 2.24) is 0 Å². The number of phenols is 1. The average Bonchev–Trinajstić information content (AvgIpc) is 2.67. The van der Waals surface area contributed by atoms with E-state index in [9.17, 15) is 5.11 Å². The summed E-state index contributed by atoms with van der Waals surface area (Å²) in [6.45, 7) is 0.970. The number of phenolic OH excluding ortho intramolecular Hbond substituents is 1. The van der Waals surface area contributed by atoms with Gasteiger partial charge in [0.25, 0.3) is 0 Å². The molecule has 0 bridgehead atoms. The number of rotatable bonds is 2. The van der Waals surface area contributed by atoms with Gasteiger partial charge < -0.3 is 15.6 Å². The highest BCUT2D eigenvalue weighted by atomic mass is 16.5. The summed E-state index contributed by atoms with van der Waals surface area (Å²) in [6.07, 6.45) is 0. The van der Waals surface area contributed by atoms with Crippen LogP contribution in [0.1, 0.15) is 5.56 Å². The molecule has 1 heterocycles. The molecule has 3 N–H and O–H groups in total. The molecular formula is C10H12N2O2. The number of hydrogen-bond donors (Lipinski definition) is 2. The lowest BCUT2D eigenvalue weighted by atomic mass is 10.2. The van der Waals surface area contributed by atoms with E-state index >= 15 is 0 Å². The topological polar surface area (TPSA) is 67.8 Å². The Kier molecular flexibility index (Phi) is 2.37. The lowest BCUT2D eigenvalue weighted by Gasteiger charge is -2.02. The zero-order chi connectivity index (χ0) is 9.97. The normalized spacial score (nSPS) is 20.4. The molecule has 1 unspecified atom stereocenters. The fourth-order valence-corrected chi connectivity index (χ4v) is 1.34. The molecular weight excluding hydrogens is 180 g/mol. The van der Waals surface area contributed by atoms with Crippen molar-refractivity contribution in [3.63, 3.8) is 0 Å². The SMILES string of the molecule is NCC1COC(c2ccccc2O)=N1. The minimum atomic E-state index is 0.0182. The number of benzene rings is 1. The Balaban J connectivity index is 2.28. The number of para-hydroxylation sites is 1. The van der Waals surface area contributed by atoms with Gasteiger partial charge in [-0.2, -0.15) is 0 Å². The van der Waals surface area contributed by atoms with Crippen LogP contribution in [0.15, 0.2) is 29.3 Å². The highest BCUT2D eigenvalue weighted by Crippen LogP contribution is 2.20. The van der Waals surface area contributed by atoms with Gasteiger partial charge in [-0.05, 0) is 12.1 Å². The monoisotopic (exact) mass is 192 g/mol. The summed E-state index contributed by atoms with van der Waals surface area (Å²) in [4.78, 5) is 4.25. The Bertz CT molecular complexity index is 363. The Labute approximate surface area is 82.0 Å². The molecule has 4 heteroatoms. The standard InChI is InChI=1S/C10H12N2O2/c11-5-7-6-14-10(12-7)8-3-1-2-4-9(8)13/h1-4,7,13H,5-6,11H2. The Morgan fingerprint density at radius 2 is 2.29 bits per heavy atom. The van der Waals surface area contributed by atoms with Crippen LogP contribution in [0.5, 0.6) is 5.75 Å². The molecule has 1 aliphatic rings. The van der Waals surface area contributed by atoms with Gasteiger partial charge >= 0.3 is 0 Å². The second-order valence-corrected chi connectivity index (χ2v) is 3.15. The van der Waals surface area contributed by atoms with Gasteiger partial charge in [-0.3, -0.25) is 0 Å². The zero-order valence-corrected chi connectivity index (χ0v) is 7.68. The summed E-state index contributed by atoms with van der Waals surface area (Å²) < 4.78 is 5.33. The summed E-state index contributed by atoms with van der Waals surface area (Å²) in [6, 6.07) is 6.99. The largest absolute Gasteiger partial charge is 0.507 e. The molecule has 0 spiro atoms. The minimum Gasteiger partial charge on any atom is -0.507 e. The summed E-state index contributed by atoms with van der Waals surface area (Å²) in [7, 11) is 0. The zero-order valence-electron chi connectivity index (χ0n) is 7.68. The first-order valence-electron chi connectivity index (χ1n) is 4.50. The third-order valence-corrected chi connectivity index (χ3v) is 2.12. The van der Waals surface area contributed by atoms with E-state index in [-0.39, 0.29) is 11.8 Å². The van der Waals surface area contributed by atoms with E-state index in [1.165, 1.54) is 0 Å². The fourth-order valence-electron chi connectivity index (χ4n) is 1.34. The summed E-state index contributed by atoms with van der Waals surface area (Å²) in [5, 5.41) is 9.54. The van der Waals surface area contributed by atoms with E-state index in [2.05, 4.69) is 4.99 Å². The quantitative estimate of drug-likeness (QED) is 0.716. The molecule has 4 nitrogen and oxygen atoms in total. The van der Waals surface area contributed by atoms with Crippen LogP contribution in [0.2, 0.25) is 0 Å². The number of ether oxygens (including phenoxy) is 1. The maximum Gasteiger partial charge on any atom is 0.220 e. The van der Waals surface area contributed by atoms with Crippen LogP contribution in [0, 0.1) is 0 Å². The second kappa shape index (κ2) is 3.67.